The van der Waals surface area contributed by atoms with Crippen LogP contribution in [0.1, 0.15) is 31.2 Å². The Hall–Kier alpha value is -2.58. The molecule has 1 fully saturated rings. The van der Waals surface area contributed by atoms with E-state index in [-0.39, 0.29) is 0 Å². The summed E-state index contributed by atoms with van der Waals surface area (Å²) in [5.74, 6) is 3.13. The lowest BCUT2D eigenvalue weighted by molar-refractivity contribution is 0.347. The van der Waals surface area contributed by atoms with E-state index in [1.165, 1.54) is 0 Å². The molecule has 0 amide bonds. The molecular weight excluding hydrogens is 482 g/mol. The number of halogens is 1. The summed E-state index contributed by atoms with van der Waals surface area (Å²) < 4.78 is 11.8. The zero-order valence-corrected chi connectivity index (χ0v) is 21.3. The molecule has 0 atom stereocenters. The van der Waals surface area contributed by atoms with Gasteiger partial charge in [0.15, 0.2) is 11.5 Å². The van der Waals surface area contributed by atoms with Crippen molar-refractivity contribution in [2.75, 3.05) is 38.5 Å². The van der Waals surface area contributed by atoms with E-state index in [4.69, 9.17) is 19.4 Å². The Kier molecular flexibility index (Phi) is 7.55. The molecule has 7 nitrogen and oxygen atoms in total. The molecule has 0 saturated heterocycles. The van der Waals surface area contributed by atoms with E-state index < -0.39 is 0 Å². The van der Waals surface area contributed by atoms with Gasteiger partial charge in [0.05, 0.1) is 19.7 Å². The number of ether oxygens (including phenoxy) is 2. The number of nitrogens with zero attached hydrogens (tertiary/aromatic N) is 3. The van der Waals surface area contributed by atoms with Gasteiger partial charge in [-0.2, -0.15) is 4.98 Å². The highest BCUT2D eigenvalue weighted by Gasteiger charge is 2.22. The predicted molar refractivity (Wildman–Crippen MR) is 138 cm³/mol. The van der Waals surface area contributed by atoms with Gasteiger partial charge in [-0.3, -0.25) is 0 Å². The van der Waals surface area contributed by atoms with Crippen molar-refractivity contribution in [3.05, 3.63) is 46.4 Å². The number of hydrogen-bond donors (Lipinski definition) is 2. The number of rotatable bonds is 8. The lowest BCUT2D eigenvalue weighted by atomic mass is 9.91. The van der Waals surface area contributed by atoms with Crippen LogP contribution in [0.3, 0.4) is 0 Å². The molecule has 176 valence electrons. The number of aromatic nitrogens is 2. The van der Waals surface area contributed by atoms with Crippen LogP contribution in [0.2, 0.25) is 0 Å². The van der Waals surface area contributed by atoms with E-state index >= 15 is 0 Å². The Labute approximate surface area is 204 Å². The second-order valence-electron chi connectivity index (χ2n) is 8.65. The molecule has 0 spiro atoms. The third-order valence-corrected chi connectivity index (χ3v) is 6.94. The van der Waals surface area contributed by atoms with E-state index in [1.807, 2.05) is 49.3 Å². The third kappa shape index (κ3) is 5.50. The van der Waals surface area contributed by atoms with E-state index in [0.717, 1.165) is 70.5 Å². The normalized spacial score (nSPS) is 18.2. The summed E-state index contributed by atoms with van der Waals surface area (Å²) >= 11 is 3.65. The van der Waals surface area contributed by atoms with Gasteiger partial charge in [0, 0.05) is 42.6 Å². The lowest BCUT2D eigenvalue weighted by Crippen LogP contribution is -2.37. The summed E-state index contributed by atoms with van der Waals surface area (Å²) in [7, 11) is 7.36. The first kappa shape index (κ1) is 23.6. The summed E-state index contributed by atoms with van der Waals surface area (Å²) in [6, 6.07) is 13.0. The third-order valence-electron chi connectivity index (χ3n) is 6.20. The van der Waals surface area contributed by atoms with Crippen LogP contribution in [0.5, 0.6) is 11.5 Å². The zero-order chi connectivity index (χ0) is 23.4. The highest BCUT2D eigenvalue weighted by molar-refractivity contribution is 9.10. The summed E-state index contributed by atoms with van der Waals surface area (Å²) in [5.41, 5.74) is 2.13. The summed E-state index contributed by atoms with van der Waals surface area (Å²) in [6.07, 6.45) is 4.38. The minimum Gasteiger partial charge on any atom is -0.493 e. The van der Waals surface area contributed by atoms with Crippen molar-refractivity contribution in [2.45, 2.75) is 44.3 Å². The molecule has 0 unspecified atom stereocenters. The topological polar surface area (TPSA) is 71.5 Å². The highest BCUT2D eigenvalue weighted by Crippen LogP contribution is 2.33. The predicted octanol–water partition coefficient (Wildman–Crippen LogP) is 4.99. The molecule has 0 aliphatic heterocycles. The molecule has 1 aromatic heterocycles. The first-order chi connectivity index (χ1) is 16.0. The van der Waals surface area contributed by atoms with Crippen LogP contribution in [-0.2, 0) is 6.54 Å². The molecule has 2 N–H and O–H groups in total. The molecule has 0 bridgehead atoms. The van der Waals surface area contributed by atoms with Gasteiger partial charge in [0.1, 0.15) is 5.82 Å². The van der Waals surface area contributed by atoms with Gasteiger partial charge in [-0.25, -0.2) is 4.98 Å². The fourth-order valence-electron chi connectivity index (χ4n) is 4.38. The van der Waals surface area contributed by atoms with Crippen LogP contribution in [0.4, 0.5) is 11.8 Å². The molecule has 0 radical (unpaired) electrons. The number of para-hydroxylation sites is 1. The Morgan fingerprint density at radius 1 is 0.970 bits per heavy atom. The highest BCUT2D eigenvalue weighted by atomic mass is 79.9. The molecule has 8 heteroatoms. The molecule has 1 heterocycles. The molecule has 4 rings (SSSR count). The number of methoxy groups -OCH3 is 2. The number of benzene rings is 2. The second-order valence-corrected chi connectivity index (χ2v) is 9.51. The Morgan fingerprint density at radius 2 is 1.64 bits per heavy atom. The van der Waals surface area contributed by atoms with Crippen LogP contribution in [-0.4, -0.2) is 50.4 Å². The molecule has 1 aliphatic rings. The largest absolute Gasteiger partial charge is 0.493 e. The van der Waals surface area contributed by atoms with Gasteiger partial charge >= 0.3 is 0 Å². The van der Waals surface area contributed by atoms with Gasteiger partial charge in [0.25, 0.3) is 0 Å². The first-order valence-corrected chi connectivity index (χ1v) is 12.1. The molecule has 2 aromatic carbocycles. The summed E-state index contributed by atoms with van der Waals surface area (Å²) in [5, 5.41) is 8.36. The fourth-order valence-corrected chi connectivity index (χ4v) is 4.84. The van der Waals surface area contributed by atoms with Gasteiger partial charge in [-0.1, -0.05) is 28.1 Å². The van der Waals surface area contributed by atoms with Crippen LogP contribution in [0, 0.1) is 0 Å². The lowest BCUT2D eigenvalue weighted by Gasteiger charge is -2.30. The standard InChI is InChI=1S/C25H32BrN5O2/c1-31(2)24-19-7-5-6-8-21(19)29-25(30-24)28-18-11-9-17(10-12-18)27-15-16-13-22(32-3)23(33-4)14-20(16)26/h5-8,13-14,17-18,27H,9-12,15H2,1-4H3,(H,28,29,30). The number of anilines is 2. The average Bonchev–Trinajstić information content (AvgIpc) is 2.83. The van der Waals surface area contributed by atoms with Crippen molar-refractivity contribution >= 4 is 38.6 Å². The van der Waals surface area contributed by atoms with E-state index in [2.05, 4.69) is 32.6 Å². The van der Waals surface area contributed by atoms with Gasteiger partial charge in [-0.15, -0.1) is 0 Å². The second kappa shape index (κ2) is 10.6. The van der Waals surface area contributed by atoms with E-state index in [1.54, 1.807) is 14.2 Å². The molecule has 3 aromatic rings. The van der Waals surface area contributed by atoms with Gasteiger partial charge in [0.2, 0.25) is 5.95 Å². The Morgan fingerprint density at radius 3 is 2.33 bits per heavy atom. The van der Waals surface area contributed by atoms with Crippen molar-refractivity contribution in [3.8, 4) is 11.5 Å². The summed E-state index contributed by atoms with van der Waals surface area (Å²) in [4.78, 5) is 11.6. The van der Waals surface area contributed by atoms with Crippen LogP contribution < -0.4 is 25.0 Å². The maximum atomic E-state index is 5.45. The van der Waals surface area contributed by atoms with Crippen LogP contribution in [0.15, 0.2) is 40.9 Å². The van der Waals surface area contributed by atoms with Gasteiger partial charge in [-0.05, 0) is 55.5 Å². The van der Waals surface area contributed by atoms with Crippen molar-refractivity contribution in [3.63, 3.8) is 0 Å². The van der Waals surface area contributed by atoms with Crippen LogP contribution >= 0.6 is 15.9 Å². The first-order valence-electron chi connectivity index (χ1n) is 11.3. The van der Waals surface area contributed by atoms with E-state index in [0.29, 0.717) is 18.0 Å². The Balaban J connectivity index is 1.34. The average molecular weight is 514 g/mol. The Bertz CT molecular complexity index is 1100. The van der Waals surface area contributed by atoms with Crippen LogP contribution in [0.25, 0.3) is 10.9 Å². The molecule has 1 saturated carbocycles. The SMILES string of the molecule is COc1cc(Br)c(CNC2CCC(Nc3nc(N(C)C)c4ccccc4n3)CC2)cc1OC. The van der Waals surface area contributed by atoms with Crippen molar-refractivity contribution in [1.82, 2.24) is 15.3 Å². The van der Waals surface area contributed by atoms with Crippen molar-refractivity contribution in [1.29, 1.82) is 0 Å². The number of fused-ring (bicyclic) bond motifs is 1. The summed E-state index contributed by atoms with van der Waals surface area (Å²) in [6.45, 7) is 0.781. The fraction of sp³-hybridized carbons (Fsp3) is 0.440. The minimum absolute atomic E-state index is 0.382. The quantitative estimate of drug-likeness (QED) is 0.439. The maximum Gasteiger partial charge on any atom is 0.225 e. The number of nitrogens with one attached hydrogen (secondary N) is 2. The maximum absolute atomic E-state index is 5.45. The van der Waals surface area contributed by atoms with Gasteiger partial charge < -0.3 is 25.0 Å². The number of hydrogen-bond acceptors (Lipinski definition) is 7. The molecular formula is C25H32BrN5O2. The molecule has 1 aliphatic carbocycles. The minimum atomic E-state index is 0.382. The molecule has 33 heavy (non-hydrogen) atoms. The smallest absolute Gasteiger partial charge is 0.225 e. The zero-order valence-electron chi connectivity index (χ0n) is 19.7. The van der Waals surface area contributed by atoms with Crippen molar-refractivity contribution in [2.24, 2.45) is 0 Å². The van der Waals surface area contributed by atoms with Crippen molar-refractivity contribution < 1.29 is 9.47 Å². The monoisotopic (exact) mass is 513 g/mol. The van der Waals surface area contributed by atoms with E-state index in [9.17, 15) is 0 Å².